The first-order valence-corrected chi connectivity index (χ1v) is 10.8. The van der Waals surface area contributed by atoms with Gasteiger partial charge in [-0.3, -0.25) is 19.7 Å². The van der Waals surface area contributed by atoms with Gasteiger partial charge in [0.2, 0.25) is 11.8 Å². The second-order valence-electron chi connectivity index (χ2n) is 7.92. The number of hydrogen-bond donors (Lipinski definition) is 0. The van der Waals surface area contributed by atoms with Crippen molar-refractivity contribution in [1.82, 2.24) is 4.90 Å². The van der Waals surface area contributed by atoms with Crippen molar-refractivity contribution in [2.45, 2.75) is 13.3 Å². The molecular formula is C23H26N4O5. The number of hydrogen-bond acceptors (Lipinski definition) is 6. The van der Waals surface area contributed by atoms with Crippen LogP contribution in [0.25, 0.3) is 0 Å². The summed E-state index contributed by atoms with van der Waals surface area (Å²) in [5.74, 6) is 0.369. The summed E-state index contributed by atoms with van der Waals surface area (Å²) in [6.07, 6.45) is 0.217. The van der Waals surface area contributed by atoms with Crippen molar-refractivity contribution in [2.75, 3.05) is 49.1 Å². The Morgan fingerprint density at radius 1 is 1.03 bits per heavy atom. The fourth-order valence-corrected chi connectivity index (χ4v) is 4.24. The lowest BCUT2D eigenvalue weighted by Crippen LogP contribution is -2.50. The van der Waals surface area contributed by atoms with E-state index in [1.807, 2.05) is 36.1 Å². The number of nitro groups is 1. The van der Waals surface area contributed by atoms with Crippen LogP contribution in [0, 0.1) is 16.0 Å². The fraction of sp³-hybridized carbons (Fsp3) is 0.391. The van der Waals surface area contributed by atoms with Gasteiger partial charge < -0.3 is 19.4 Å². The molecule has 9 nitrogen and oxygen atoms in total. The molecule has 2 heterocycles. The SMILES string of the molecule is CCOc1ccc(N2CC(C(=O)N3CCN(c4ccc([N+](=O)[O-])cc4)CC3)CC2=O)cc1. The lowest BCUT2D eigenvalue weighted by Gasteiger charge is -2.37. The quantitative estimate of drug-likeness (QED) is 0.508. The molecule has 0 saturated carbocycles. The largest absolute Gasteiger partial charge is 0.494 e. The van der Waals surface area contributed by atoms with Crippen molar-refractivity contribution in [3.63, 3.8) is 0 Å². The molecule has 9 heteroatoms. The average Bonchev–Trinajstić information content (AvgIpc) is 3.21. The van der Waals surface area contributed by atoms with Crippen LogP contribution in [-0.2, 0) is 9.59 Å². The Morgan fingerprint density at radius 2 is 1.66 bits per heavy atom. The Balaban J connectivity index is 1.33. The van der Waals surface area contributed by atoms with E-state index in [4.69, 9.17) is 4.74 Å². The van der Waals surface area contributed by atoms with Crippen molar-refractivity contribution in [2.24, 2.45) is 5.92 Å². The maximum absolute atomic E-state index is 13.1. The van der Waals surface area contributed by atoms with Crippen LogP contribution in [0.2, 0.25) is 0 Å². The second-order valence-corrected chi connectivity index (χ2v) is 7.92. The van der Waals surface area contributed by atoms with E-state index >= 15 is 0 Å². The maximum Gasteiger partial charge on any atom is 0.269 e. The molecule has 168 valence electrons. The van der Waals surface area contributed by atoms with Gasteiger partial charge in [-0.1, -0.05) is 0 Å². The number of carbonyl (C=O) groups excluding carboxylic acids is 2. The van der Waals surface area contributed by atoms with Crippen LogP contribution < -0.4 is 14.5 Å². The minimum Gasteiger partial charge on any atom is -0.494 e. The molecule has 2 fully saturated rings. The third-order valence-electron chi connectivity index (χ3n) is 5.95. The number of nitro benzene ring substituents is 1. The lowest BCUT2D eigenvalue weighted by atomic mass is 10.1. The molecule has 1 unspecified atom stereocenters. The highest BCUT2D eigenvalue weighted by molar-refractivity contribution is 6.00. The molecular weight excluding hydrogens is 412 g/mol. The predicted octanol–water partition coefficient (Wildman–Crippen LogP) is 2.70. The number of non-ortho nitro benzene ring substituents is 1. The van der Waals surface area contributed by atoms with Gasteiger partial charge in [-0.05, 0) is 43.3 Å². The van der Waals surface area contributed by atoms with Crippen LogP contribution in [0.4, 0.5) is 17.1 Å². The van der Waals surface area contributed by atoms with E-state index in [0.29, 0.717) is 39.3 Å². The molecule has 2 saturated heterocycles. The zero-order valence-corrected chi connectivity index (χ0v) is 18.0. The molecule has 0 bridgehead atoms. The molecule has 2 amide bonds. The highest BCUT2D eigenvalue weighted by atomic mass is 16.6. The minimum atomic E-state index is -0.417. The molecule has 2 aromatic carbocycles. The Hall–Kier alpha value is -3.62. The smallest absolute Gasteiger partial charge is 0.269 e. The van der Waals surface area contributed by atoms with E-state index < -0.39 is 4.92 Å². The van der Waals surface area contributed by atoms with Crippen LogP contribution in [0.15, 0.2) is 48.5 Å². The molecule has 0 N–H and O–H groups in total. The number of benzene rings is 2. The minimum absolute atomic E-state index is 0.00939. The normalized spacial score (nSPS) is 18.7. The summed E-state index contributed by atoms with van der Waals surface area (Å²) in [4.78, 5) is 41.6. The third kappa shape index (κ3) is 4.51. The highest BCUT2D eigenvalue weighted by Crippen LogP contribution is 2.28. The van der Waals surface area contributed by atoms with Crippen LogP contribution >= 0.6 is 0 Å². The molecule has 0 aromatic heterocycles. The van der Waals surface area contributed by atoms with Gasteiger partial charge in [-0.2, -0.15) is 0 Å². The lowest BCUT2D eigenvalue weighted by molar-refractivity contribution is -0.384. The first-order valence-electron chi connectivity index (χ1n) is 10.8. The van der Waals surface area contributed by atoms with E-state index in [2.05, 4.69) is 4.90 Å². The Labute approximate surface area is 186 Å². The number of piperazine rings is 1. The summed E-state index contributed by atoms with van der Waals surface area (Å²) >= 11 is 0. The number of nitrogens with zero attached hydrogens (tertiary/aromatic N) is 4. The number of amides is 2. The summed E-state index contributed by atoms with van der Waals surface area (Å²) in [6, 6.07) is 13.8. The van der Waals surface area contributed by atoms with Crippen molar-refractivity contribution in [3.05, 3.63) is 58.6 Å². The molecule has 2 aliphatic rings. The zero-order chi connectivity index (χ0) is 22.7. The van der Waals surface area contributed by atoms with Crippen LogP contribution in [0.3, 0.4) is 0 Å². The molecule has 2 aromatic rings. The van der Waals surface area contributed by atoms with E-state index in [0.717, 1.165) is 17.1 Å². The van der Waals surface area contributed by atoms with Crippen LogP contribution in [0.5, 0.6) is 5.75 Å². The summed E-state index contributed by atoms with van der Waals surface area (Å²) in [5, 5.41) is 10.8. The number of rotatable bonds is 6. The van der Waals surface area contributed by atoms with Gasteiger partial charge in [0.15, 0.2) is 0 Å². The van der Waals surface area contributed by atoms with Crippen LogP contribution in [0.1, 0.15) is 13.3 Å². The van der Waals surface area contributed by atoms with E-state index in [-0.39, 0.29) is 29.8 Å². The maximum atomic E-state index is 13.1. The monoisotopic (exact) mass is 438 g/mol. The Bertz CT molecular complexity index is 984. The van der Waals surface area contributed by atoms with E-state index in [1.54, 1.807) is 17.0 Å². The van der Waals surface area contributed by atoms with Crippen LogP contribution in [-0.4, -0.2) is 61.0 Å². The third-order valence-corrected chi connectivity index (χ3v) is 5.95. The van der Waals surface area contributed by atoms with Gasteiger partial charge in [0.05, 0.1) is 17.4 Å². The zero-order valence-electron chi connectivity index (χ0n) is 18.0. The van der Waals surface area contributed by atoms with E-state index in [9.17, 15) is 19.7 Å². The van der Waals surface area contributed by atoms with Gasteiger partial charge in [-0.15, -0.1) is 0 Å². The van der Waals surface area contributed by atoms with Crippen molar-refractivity contribution in [3.8, 4) is 5.75 Å². The van der Waals surface area contributed by atoms with E-state index in [1.165, 1.54) is 12.1 Å². The summed E-state index contributed by atoms with van der Waals surface area (Å²) in [5.41, 5.74) is 1.74. The molecule has 2 aliphatic heterocycles. The van der Waals surface area contributed by atoms with Gasteiger partial charge in [0, 0.05) is 62.7 Å². The highest BCUT2D eigenvalue weighted by Gasteiger charge is 2.38. The first kappa shape index (κ1) is 21.6. The number of carbonyl (C=O) groups is 2. The standard InChI is InChI=1S/C23H26N4O5/c1-2-32-21-9-7-19(8-10-21)26-16-17(15-22(26)28)23(29)25-13-11-24(12-14-25)18-3-5-20(6-4-18)27(30)31/h3-10,17H,2,11-16H2,1H3. The number of ether oxygens (including phenoxy) is 1. The topological polar surface area (TPSA) is 96.2 Å². The molecule has 4 rings (SSSR count). The summed E-state index contributed by atoms with van der Waals surface area (Å²) in [7, 11) is 0. The Kier molecular flexibility index (Phi) is 6.25. The summed E-state index contributed by atoms with van der Waals surface area (Å²) < 4.78 is 5.45. The predicted molar refractivity (Wildman–Crippen MR) is 120 cm³/mol. The average molecular weight is 438 g/mol. The van der Waals surface area contributed by atoms with Gasteiger partial charge in [0.1, 0.15) is 5.75 Å². The number of anilines is 2. The van der Waals surface area contributed by atoms with Gasteiger partial charge in [0.25, 0.3) is 5.69 Å². The molecule has 0 aliphatic carbocycles. The van der Waals surface area contributed by atoms with Crippen molar-refractivity contribution < 1.29 is 19.2 Å². The molecule has 0 spiro atoms. The Morgan fingerprint density at radius 3 is 2.25 bits per heavy atom. The first-order chi connectivity index (χ1) is 15.5. The van der Waals surface area contributed by atoms with Crippen molar-refractivity contribution in [1.29, 1.82) is 0 Å². The van der Waals surface area contributed by atoms with Gasteiger partial charge >= 0.3 is 0 Å². The van der Waals surface area contributed by atoms with Crippen molar-refractivity contribution >= 4 is 28.9 Å². The fourth-order valence-electron chi connectivity index (χ4n) is 4.24. The molecule has 0 radical (unpaired) electrons. The molecule has 1 atom stereocenters. The summed E-state index contributed by atoms with van der Waals surface area (Å²) in [6.45, 7) is 5.29. The van der Waals surface area contributed by atoms with Gasteiger partial charge in [-0.25, -0.2) is 0 Å². The second kappa shape index (κ2) is 9.25. The molecule has 32 heavy (non-hydrogen) atoms.